The highest BCUT2D eigenvalue weighted by Crippen LogP contribution is 2.33. The molecule has 0 fully saturated rings. The Hall–Kier alpha value is -2.42. The van der Waals surface area contributed by atoms with Gasteiger partial charge in [-0.05, 0) is 35.1 Å². The highest BCUT2D eigenvalue weighted by atomic mass is 16.3. The van der Waals surface area contributed by atoms with E-state index in [4.69, 9.17) is 0 Å². The molecule has 0 aromatic heterocycles. The summed E-state index contributed by atoms with van der Waals surface area (Å²) in [5.74, 6) is 0. The van der Waals surface area contributed by atoms with Gasteiger partial charge >= 0.3 is 0 Å². The Labute approximate surface area is 155 Å². The molecule has 132 valence electrons. The van der Waals surface area contributed by atoms with E-state index in [-0.39, 0.29) is 0 Å². The molecule has 2 heteroatoms. The van der Waals surface area contributed by atoms with E-state index in [1.165, 1.54) is 11.1 Å². The lowest BCUT2D eigenvalue weighted by Gasteiger charge is -2.34. The summed E-state index contributed by atoms with van der Waals surface area (Å²) in [7, 11) is 0. The van der Waals surface area contributed by atoms with Crippen LogP contribution in [-0.4, -0.2) is 23.1 Å². The van der Waals surface area contributed by atoms with Crippen molar-refractivity contribution >= 4 is 0 Å². The molecule has 0 aliphatic carbocycles. The fourth-order valence-corrected chi connectivity index (χ4v) is 3.95. The average molecular weight is 343 g/mol. The summed E-state index contributed by atoms with van der Waals surface area (Å²) in [4.78, 5) is 2.46. The first kappa shape index (κ1) is 17.0. The van der Waals surface area contributed by atoms with Crippen molar-refractivity contribution in [3.05, 3.63) is 107 Å². The molecule has 0 atom stereocenters. The predicted molar refractivity (Wildman–Crippen MR) is 106 cm³/mol. The van der Waals surface area contributed by atoms with Gasteiger partial charge in [-0.3, -0.25) is 4.90 Å². The summed E-state index contributed by atoms with van der Waals surface area (Å²) >= 11 is 0. The number of fused-ring (bicyclic) bond motifs is 1. The first-order valence-electron chi connectivity index (χ1n) is 9.38. The third kappa shape index (κ3) is 3.44. The van der Waals surface area contributed by atoms with Crippen LogP contribution in [0.1, 0.15) is 28.7 Å². The normalized spacial score (nSPS) is 14.8. The van der Waals surface area contributed by atoms with Crippen LogP contribution in [-0.2, 0) is 18.6 Å². The van der Waals surface area contributed by atoms with Gasteiger partial charge in [0.25, 0.3) is 0 Å². The SMILES string of the molecule is OC(CCN1CCc2ccccc2C1)(c1ccccc1)c1ccccc1. The second-order valence-corrected chi connectivity index (χ2v) is 7.14. The number of nitrogens with zero attached hydrogens (tertiary/aromatic N) is 1. The lowest BCUT2D eigenvalue weighted by Crippen LogP contribution is -2.37. The molecule has 0 radical (unpaired) electrons. The van der Waals surface area contributed by atoms with Gasteiger partial charge in [0.05, 0.1) is 0 Å². The van der Waals surface area contributed by atoms with Gasteiger partial charge in [-0.2, -0.15) is 0 Å². The van der Waals surface area contributed by atoms with Gasteiger partial charge in [0.15, 0.2) is 0 Å². The highest BCUT2D eigenvalue weighted by molar-refractivity contribution is 5.36. The van der Waals surface area contributed by atoms with Crippen molar-refractivity contribution < 1.29 is 5.11 Å². The molecular formula is C24H25NO. The van der Waals surface area contributed by atoms with Gasteiger partial charge in [0.2, 0.25) is 0 Å². The van der Waals surface area contributed by atoms with Gasteiger partial charge in [-0.1, -0.05) is 84.9 Å². The van der Waals surface area contributed by atoms with Crippen LogP contribution in [0.15, 0.2) is 84.9 Å². The molecule has 0 saturated heterocycles. The lowest BCUT2D eigenvalue weighted by molar-refractivity contribution is 0.0554. The van der Waals surface area contributed by atoms with E-state index >= 15 is 0 Å². The third-order valence-electron chi connectivity index (χ3n) is 5.50. The van der Waals surface area contributed by atoms with Gasteiger partial charge in [0.1, 0.15) is 5.60 Å². The first-order valence-corrected chi connectivity index (χ1v) is 9.38. The summed E-state index contributed by atoms with van der Waals surface area (Å²) in [5.41, 5.74) is 3.85. The molecule has 0 bridgehead atoms. The maximum absolute atomic E-state index is 11.7. The van der Waals surface area contributed by atoms with Crippen LogP contribution in [0.4, 0.5) is 0 Å². The molecule has 2 nitrogen and oxygen atoms in total. The Kier molecular flexibility index (Phi) is 4.87. The molecule has 1 aliphatic heterocycles. The summed E-state index contributed by atoms with van der Waals surface area (Å²) in [5, 5.41) is 11.7. The molecule has 1 N–H and O–H groups in total. The molecular weight excluding hydrogens is 318 g/mol. The molecule has 0 unspecified atom stereocenters. The zero-order valence-corrected chi connectivity index (χ0v) is 15.0. The predicted octanol–water partition coefficient (Wildman–Crippen LogP) is 4.37. The van der Waals surface area contributed by atoms with Crippen LogP contribution in [0.5, 0.6) is 0 Å². The standard InChI is InChI=1S/C24H25NO/c26-24(22-11-3-1-4-12-22,23-13-5-2-6-14-23)16-18-25-17-15-20-9-7-8-10-21(20)19-25/h1-14,26H,15-19H2. The molecule has 3 aromatic rings. The quantitative estimate of drug-likeness (QED) is 0.743. The molecule has 0 amide bonds. The first-order chi connectivity index (χ1) is 12.8. The Morgan fingerprint density at radius 2 is 1.27 bits per heavy atom. The van der Waals surface area contributed by atoms with Crippen LogP contribution in [0, 0.1) is 0 Å². The summed E-state index contributed by atoms with van der Waals surface area (Å²) < 4.78 is 0. The minimum Gasteiger partial charge on any atom is -0.380 e. The largest absolute Gasteiger partial charge is 0.380 e. The van der Waals surface area contributed by atoms with E-state index in [1.54, 1.807) is 0 Å². The van der Waals surface area contributed by atoms with Crippen molar-refractivity contribution in [1.82, 2.24) is 4.90 Å². The fourth-order valence-electron chi connectivity index (χ4n) is 3.95. The minimum atomic E-state index is -0.959. The number of aliphatic hydroxyl groups is 1. The fraction of sp³-hybridized carbons (Fsp3) is 0.250. The van der Waals surface area contributed by atoms with Crippen molar-refractivity contribution in [2.24, 2.45) is 0 Å². The third-order valence-corrected chi connectivity index (χ3v) is 5.50. The van der Waals surface area contributed by atoms with E-state index in [1.807, 2.05) is 60.7 Å². The van der Waals surface area contributed by atoms with Crippen LogP contribution in [0.3, 0.4) is 0 Å². The molecule has 3 aromatic carbocycles. The monoisotopic (exact) mass is 343 g/mol. The van der Waals surface area contributed by atoms with E-state index in [9.17, 15) is 5.11 Å². The van der Waals surface area contributed by atoms with E-state index in [0.29, 0.717) is 6.42 Å². The lowest BCUT2D eigenvalue weighted by atomic mass is 9.83. The van der Waals surface area contributed by atoms with E-state index in [0.717, 1.165) is 37.2 Å². The van der Waals surface area contributed by atoms with Gasteiger partial charge < -0.3 is 5.11 Å². The molecule has 4 rings (SSSR count). The van der Waals surface area contributed by atoms with Crippen molar-refractivity contribution in [2.45, 2.75) is 25.0 Å². The van der Waals surface area contributed by atoms with Crippen LogP contribution < -0.4 is 0 Å². The Bertz CT molecular complexity index is 805. The molecule has 0 saturated carbocycles. The average Bonchev–Trinajstić information content (AvgIpc) is 2.73. The van der Waals surface area contributed by atoms with E-state index < -0.39 is 5.60 Å². The molecule has 1 heterocycles. The van der Waals surface area contributed by atoms with Gasteiger partial charge in [-0.25, -0.2) is 0 Å². The van der Waals surface area contributed by atoms with Crippen LogP contribution >= 0.6 is 0 Å². The maximum atomic E-state index is 11.7. The highest BCUT2D eigenvalue weighted by Gasteiger charge is 2.32. The van der Waals surface area contributed by atoms with Gasteiger partial charge in [-0.15, -0.1) is 0 Å². The van der Waals surface area contributed by atoms with Crippen LogP contribution in [0.2, 0.25) is 0 Å². The topological polar surface area (TPSA) is 23.5 Å². The number of hydrogen-bond acceptors (Lipinski definition) is 2. The summed E-state index contributed by atoms with van der Waals surface area (Å²) in [6.07, 6.45) is 1.77. The second-order valence-electron chi connectivity index (χ2n) is 7.14. The van der Waals surface area contributed by atoms with Gasteiger partial charge in [0, 0.05) is 19.6 Å². The second kappa shape index (κ2) is 7.45. The summed E-state index contributed by atoms with van der Waals surface area (Å²) in [6, 6.07) is 28.8. The Morgan fingerprint density at radius 1 is 0.731 bits per heavy atom. The zero-order chi connectivity index (χ0) is 17.8. The Morgan fingerprint density at radius 3 is 1.88 bits per heavy atom. The minimum absolute atomic E-state index is 0.684. The van der Waals surface area contributed by atoms with E-state index in [2.05, 4.69) is 29.2 Å². The zero-order valence-electron chi connectivity index (χ0n) is 15.0. The molecule has 0 spiro atoms. The summed E-state index contributed by atoms with van der Waals surface area (Å²) in [6.45, 7) is 2.89. The number of benzene rings is 3. The molecule has 26 heavy (non-hydrogen) atoms. The van der Waals surface area contributed by atoms with Crippen LogP contribution in [0.25, 0.3) is 0 Å². The van der Waals surface area contributed by atoms with Crippen molar-refractivity contribution in [2.75, 3.05) is 13.1 Å². The number of rotatable bonds is 5. The van der Waals surface area contributed by atoms with Crippen molar-refractivity contribution in [1.29, 1.82) is 0 Å². The van der Waals surface area contributed by atoms with Crippen molar-refractivity contribution in [3.8, 4) is 0 Å². The smallest absolute Gasteiger partial charge is 0.116 e. The number of hydrogen-bond donors (Lipinski definition) is 1. The van der Waals surface area contributed by atoms with Crippen molar-refractivity contribution in [3.63, 3.8) is 0 Å². The Balaban J connectivity index is 1.55. The molecule has 1 aliphatic rings. The maximum Gasteiger partial charge on any atom is 0.116 e.